The number of methoxy groups -OCH3 is 1. The van der Waals surface area contributed by atoms with Gasteiger partial charge in [-0.2, -0.15) is 0 Å². The minimum absolute atomic E-state index is 0.177. The van der Waals surface area contributed by atoms with Gasteiger partial charge >= 0.3 is 5.97 Å². The Bertz CT molecular complexity index is 881. The molecule has 0 aliphatic carbocycles. The first-order chi connectivity index (χ1) is 12.7. The fourth-order valence-electron chi connectivity index (χ4n) is 2.45. The first kappa shape index (κ1) is 18.0. The molecule has 0 aliphatic rings. The molecule has 0 spiro atoms. The number of thioether (sulfide) groups is 1. The fourth-order valence-corrected chi connectivity index (χ4v) is 3.20. The summed E-state index contributed by atoms with van der Waals surface area (Å²) in [6, 6.07) is 17.4. The Morgan fingerprint density at radius 2 is 1.92 bits per heavy atom. The van der Waals surface area contributed by atoms with Gasteiger partial charge in [-0.15, -0.1) is 10.2 Å². The number of esters is 1. The van der Waals surface area contributed by atoms with Crippen LogP contribution in [0.5, 0.6) is 5.75 Å². The second kappa shape index (κ2) is 8.53. The van der Waals surface area contributed by atoms with E-state index in [1.165, 1.54) is 11.8 Å². The molecule has 26 heavy (non-hydrogen) atoms. The van der Waals surface area contributed by atoms with Crippen molar-refractivity contribution in [2.75, 3.05) is 19.5 Å². The van der Waals surface area contributed by atoms with Gasteiger partial charge in [-0.05, 0) is 31.2 Å². The summed E-state index contributed by atoms with van der Waals surface area (Å²) in [7, 11) is 1.63. The highest BCUT2D eigenvalue weighted by Gasteiger charge is 2.17. The van der Waals surface area contributed by atoms with E-state index in [0.29, 0.717) is 17.6 Å². The Kier molecular flexibility index (Phi) is 5.91. The maximum atomic E-state index is 11.7. The number of carbonyl (C=O) groups excluding carboxylic acids is 1. The molecule has 1 heterocycles. The third-order valence-electron chi connectivity index (χ3n) is 3.60. The van der Waals surface area contributed by atoms with Crippen LogP contribution in [0.25, 0.3) is 17.1 Å². The first-order valence-electron chi connectivity index (χ1n) is 8.16. The molecule has 0 atom stereocenters. The maximum absolute atomic E-state index is 11.7. The Hall–Kier alpha value is -2.80. The van der Waals surface area contributed by atoms with Gasteiger partial charge in [-0.1, -0.05) is 42.1 Å². The summed E-state index contributed by atoms with van der Waals surface area (Å²) in [6.45, 7) is 2.15. The Labute approximate surface area is 156 Å². The highest BCUT2D eigenvalue weighted by atomic mass is 32.2. The van der Waals surface area contributed by atoms with Crippen LogP contribution in [0.15, 0.2) is 59.8 Å². The molecule has 134 valence electrons. The van der Waals surface area contributed by atoms with Crippen LogP contribution in [0.2, 0.25) is 0 Å². The van der Waals surface area contributed by atoms with Crippen LogP contribution >= 0.6 is 11.8 Å². The molecule has 2 aromatic carbocycles. The average molecular weight is 369 g/mol. The van der Waals surface area contributed by atoms with E-state index in [1.54, 1.807) is 14.0 Å². The molecule has 0 unspecified atom stereocenters. The van der Waals surface area contributed by atoms with Crippen LogP contribution in [0.1, 0.15) is 6.92 Å². The second-order valence-electron chi connectivity index (χ2n) is 5.30. The van der Waals surface area contributed by atoms with E-state index in [2.05, 4.69) is 10.2 Å². The minimum atomic E-state index is -0.275. The number of rotatable bonds is 7. The Morgan fingerprint density at radius 3 is 2.65 bits per heavy atom. The van der Waals surface area contributed by atoms with Crippen molar-refractivity contribution in [1.29, 1.82) is 0 Å². The predicted molar refractivity (Wildman–Crippen MR) is 101 cm³/mol. The molecule has 3 aromatic rings. The van der Waals surface area contributed by atoms with Gasteiger partial charge in [0.05, 0.1) is 19.5 Å². The third-order valence-corrected chi connectivity index (χ3v) is 4.50. The normalized spacial score (nSPS) is 10.5. The molecule has 0 amide bonds. The highest BCUT2D eigenvalue weighted by Crippen LogP contribution is 2.29. The molecule has 0 bridgehead atoms. The fraction of sp³-hybridized carbons (Fsp3) is 0.211. The summed E-state index contributed by atoms with van der Waals surface area (Å²) in [5.74, 6) is 1.33. The Balaban J connectivity index is 2.00. The van der Waals surface area contributed by atoms with Gasteiger partial charge in [0.15, 0.2) is 11.0 Å². The number of ether oxygens (including phenoxy) is 2. The van der Waals surface area contributed by atoms with Crippen molar-refractivity contribution in [1.82, 2.24) is 14.8 Å². The van der Waals surface area contributed by atoms with Gasteiger partial charge in [-0.3, -0.25) is 9.36 Å². The summed E-state index contributed by atoms with van der Waals surface area (Å²) in [6.07, 6.45) is 0. The van der Waals surface area contributed by atoms with Crippen molar-refractivity contribution in [3.8, 4) is 22.8 Å². The largest absolute Gasteiger partial charge is 0.497 e. The predicted octanol–water partition coefficient (Wildman–Crippen LogP) is 3.60. The molecular weight excluding hydrogens is 350 g/mol. The van der Waals surface area contributed by atoms with Crippen molar-refractivity contribution in [2.45, 2.75) is 12.1 Å². The number of hydrogen-bond acceptors (Lipinski definition) is 6. The minimum Gasteiger partial charge on any atom is -0.497 e. The lowest BCUT2D eigenvalue weighted by Gasteiger charge is -2.10. The van der Waals surface area contributed by atoms with Crippen LogP contribution in [0.3, 0.4) is 0 Å². The van der Waals surface area contributed by atoms with Crippen LogP contribution in [0, 0.1) is 0 Å². The monoisotopic (exact) mass is 369 g/mol. The SMILES string of the molecule is CCOC(=O)CSc1nnc(-c2cccc(OC)c2)n1-c1ccccc1. The molecule has 0 radical (unpaired) electrons. The van der Waals surface area contributed by atoms with Gasteiger partial charge in [0.25, 0.3) is 0 Å². The maximum Gasteiger partial charge on any atom is 0.316 e. The summed E-state index contributed by atoms with van der Waals surface area (Å²) in [5.41, 5.74) is 1.80. The quantitative estimate of drug-likeness (QED) is 0.468. The number of nitrogens with zero attached hydrogens (tertiary/aromatic N) is 3. The van der Waals surface area contributed by atoms with E-state index in [1.807, 2.05) is 59.2 Å². The number of carbonyl (C=O) groups is 1. The van der Waals surface area contributed by atoms with Crippen LogP contribution in [-0.2, 0) is 9.53 Å². The van der Waals surface area contributed by atoms with Gasteiger partial charge < -0.3 is 9.47 Å². The van der Waals surface area contributed by atoms with Gasteiger partial charge in [0.1, 0.15) is 5.75 Å². The van der Waals surface area contributed by atoms with Crippen molar-refractivity contribution < 1.29 is 14.3 Å². The summed E-state index contributed by atoms with van der Waals surface area (Å²) in [5, 5.41) is 9.26. The first-order valence-corrected chi connectivity index (χ1v) is 9.15. The number of aromatic nitrogens is 3. The van der Waals surface area contributed by atoms with Crippen LogP contribution < -0.4 is 4.74 Å². The molecule has 0 saturated carbocycles. The molecule has 0 saturated heterocycles. The van der Waals surface area contributed by atoms with E-state index in [-0.39, 0.29) is 11.7 Å². The lowest BCUT2D eigenvalue weighted by molar-refractivity contribution is -0.139. The zero-order valence-corrected chi connectivity index (χ0v) is 15.4. The number of hydrogen-bond donors (Lipinski definition) is 0. The van der Waals surface area contributed by atoms with Crippen LogP contribution in [-0.4, -0.2) is 40.2 Å². The average Bonchev–Trinajstić information content (AvgIpc) is 3.11. The van der Waals surface area contributed by atoms with Gasteiger partial charge in [0, 0.05) is 11.3 Å². The lowest BCUT2D eigenvalue weighted by atomic mass is 10.2. The number of para-hydroxylation sites is 1. The van der Waals surface area contributed by atoms with Crippen molar-refractivity contribution >= 4 is 17.7 Å². The summed E-state index contributed by atoms with van der Waals surface area (Å²) in [4.78, 5) is 11.7. The number of benzene rings is 2. The van der Waals surface area contributed by atoms with Crippen LogP contribution in [0.4, 0.5) is 0 Å². The van der Waals surface area contributed by atoms with Crippen molar-refractivity contribution in [2.24, 2.45) is 0 Å². The van der Waals surface area contributed by atoms with Gasteiger partial charge in [-0.25, -0.2) is 0 Å². The highest BCUT2D eigenvalue weighted by molar-refractivity contribution is 7.99. The Morgan fingerprint density at radius 1 is 1.12 bits per heavy atom. The summed E-state index contributed by atoms with van der Waals surface area (Å²) >= 11 is 1.30. The van der Waals surface area contributed by atoms with Gasteiger partial charge in [0.2, 0.25) is 0 Å². The van der Waals surface area contributed by atoms with E-state index in [0.717, 1.165) is 17.0 Å². The third kappa shape index (κ3) is 4.05. The summed E-state index contributed by atoms with van der Waals surface area (Å²) < 4.78 is 12.2. The zero-order valence-electron chi connectivity index (χ0n) is 14.6. The molecule has 1 aromatic heterocycles. The van der Waals surface area contributed by atoms with Crippen molar-refractivity contribution in [3.63, 3.8) is 0 Å². The molecule has 0 fully saturated rings. The molecule has 6 nitrogen and oxygen atoms in total. The van der Waals surface area contributed by atoms with Crippen molar-refractivity contribution in [3.05, 3.63) is 54.6 Å². The molecular formula is C19H19N3O3S. The topological polar surface area (TPSA) is 66.2 Å². The van der Waals surface area contributed by atoms with E-state index in [4.69, 9.17) is 9.47 Å². The standard InChI is InChI=1S/C19H19N3O3S/c1-3-25-17(23)13-26-19-21-20-18(14-8-7-11-16(12-14)24-2)22(19)15-9-5-4-6-10-15/h4-12H,3,13H2,1-2H3. The second-order valence-corrected chi connectivity index (χ2v) is 6.25. The smallest absolute Gasteiger partial charge is 0.316 e. The van der Waals surface area contributed by atoms with E-state index in [9.17, 15) is 4.79 Å². The lowest BCUT2D eigenvalue weighted by Crippen LogP contribution is -2.08. The molecule has 0 N–H and O–H groups in total. The molecule has 3 rings (SSSR count). The molecule has 7 heteroatoms. The zero-order chi connectivity index (χ0) is 18.4. The molecule has 0 aliphatic heterocycles. The van der Waals surface area contributed by atoms with E-state index < -0.39 is 0 Å². The van der Waals surface area contributed by atoms with E-state index >= 15 is 0 Å².